The van der Waals surface area contributed by atoms with Crippen LogP contribution in [0.1, 0.15) is 24.2 Å². The molecule has 1 aromatic carbocycles. The summed E-state index contributed by atoms with van der Waals surface area (Å²) in [5.41, 5.74) is 7.12. The molecule has 0 saturated carbocycles. The summed E-state index contributed by atoms with van der Waals surface area (Å²) in [6.07, 6.45) is 0. The van der Waals surface area contributed by atoms with E-state index in [9.17, 15) is 4.79 Å². The first-order chi connectivity index (χ1) is 9.02. The number of benzene rings is 1. The van der Waals surface area contributed by atoms with Crippen LogP contribution in [0.15, 0.2) is 18.2 Å². The Kier molecular flexibility index (Phi) is 3.95. The maximum absolute atomic E-state index is 11.1. The second kappa shape index (κ2) is 5.48. The molecule has 5 nitrogen and oxygen atoms in total. The number of nitrogens with zero attached hydrogens (tertiary/aromatic N) is 2. The minimum Gasteiger partial charge on any atom is -0.478 e. The fourth-order valence-corrected chi connectivity index (χ4v) is 2.63. The van der Waals surface area contributed by atoms with Crippen molar-refractivity contribution in [2.24, 2.45) is 0 Å². The summed E-state index contributed by atoms with van der Waals surface area (Å²) in [5, 5.41) is 9.11. The smallest absolute Gasteiger partial charge is 0.337 e. The SMILES string of the molecule is CCN1CCN(c2ccc(N)c(C(=O)O)c2)CC1C. The molecule has 1 atom stereocenters. The Hall–Kier alpha value is -1.75. The predicted octanol–water partition coefficient (Wildman–Crippen LogP) is 1.50. The number of hydrogen-bond acceptors (Lipinski definition) is 4. The number of nitrogen functional groups attached to an aromatic ring is 1. The van der Waals surface area contributed by atoms with Gasteiger partial charge in [0.25, 0.3) is 0 Å². The predicted molar refractivity (Wildman–Crippen MR) is 76.7 cm³/mol. The van der Waals surface area contributed by atoms with E-state index in [0.29, 0.717) is 11.7 Å². The fourth-order valence-electron chi connectivity index (χ4n) is 2.63. The molecule has 1 aliphatic rings. The van der Waals surface area contributed by atoms with E-state index < -0.39 is 5.97 Å². The number of hydrogen-bond donors (Lipinski definition) is 2. The average molecular weight is 263 g/mol. The average Bonchev–Trinajstić information content (AvgIpc) is 2.38. The molecular weight excluding hydrogens is 242 g/mol. The van der Waals surface area contributed by atoms with Crippen LogP contribution in [0.4, 0.5) is 11.4 Å². The van der Waals surface area contributed by atoms with E-state index in [2.05, 4.69) is 23.6 Å². The molecule has 0 spiro atoms. The van der Waals surface area contributed by atoms with Crippen molar-refractivity contribution in [1.29, 1.82) is 0 Å². The Balaban J connectivity index is 2.19. The second-order valence-corrected chi connectivity index (χ2v) is 5.00. The third-order valence-electron chi connectivity index (χ3n) is 3.80. The van der Waals surface area contributed by atoms with Gasteiger partial charge in [0, 0.05) is 37.1 Å². The van der Waals surface area contributed by atoms with Crippen molar-refractivity contribution >= 4 is 17.3 Å². The Bertz CT molecular complexity index is 476. The molecule has 1 fully saturated rings. The molecule has 19 heavy (non-hydrogen) atoms. The summed E-state index contributed by atoms with van der Waals surface area (Å²) in [6, 6.07) is 5.72. The zero-order chi connectivity index (χ0) is 14.0. The zero-order valence-corrected chi connectivity index (χ0v) is 11.5. The lowest BCUT2D eigenvalue weighted by Crippen LogP contribution is -2.51. The maximum atomic E-state index is 11.1. The molecule has 104 valence electrons. The van der Waals surface area contributed by atoms with Gasteiger partial charge in [-0.2, -0.15) is 0 Å². The van der Waals surface area contributed by atoms with Gasteiger partial charge in [-0.1, -0.05) is 6.92 Å². The molecule has 2 rings (SSSR count). The van der Waals surface area contributed by atoms with E-state index in [1.165, 1.54) is 0 Å². The second-order valence-electron chi connectivity index (χ2n) is 5.00. The molecule has 0 aliphatic carbocycles. The first-order valence-electron chi connectivity index (χ1n) is 6.64. The lowest BCUT2D eigenvalue weighted by Gasteiger charge is -2.40. The molecule has 1 aliphatic heterocycles. The Morgan fingerprint density at radius 2 is 2.21 bits per heavy atom. The Labute approximate surface area is 113 Å². The van der Waals surface area contributed by atoms with Gasteiger partial charge in [-0.05, 0) is 31.7 Å². The number of carboxylic acid groups (broad SMARTS) is 1. The molecule has 1 aromatic rings. The highest BCUT2D eigenvalue weighted by Gasteiger charge is 2.23. The van der Waals surface area contributed by atoms with E-state index >= 15 is 0 Å². The van der Waals surface area contributed by atoms with Crippen LogP contribution in [0.5, 0.6) is 0 Å². The van der Waals surface area contributed by atoms with E-state index in [-0.39, 0.29) is 5.56 Å². The highest BCUT2D eigenvalue weighted by atomic mass is 16.4. The highest BCUT2D eigenvalue weighted by molar-refractivity contribution is 5.94. The number of anilines is 2. The lowest BCUT2D eigenvalue weighted by atomic mass is 10.1. The molecular formula is C14H21N3O2. The third-order valence-corrected chi connectivity index (χ3v) is 3.80. The molecule has 0 bridgehead atoms. The maximum Gasteiger partial charge on any atom is 0.337 e. The summed E-state index contributed by atoms with van der Waals surface area (Å²) in [4.78, 5) is 15.8. The van der Waals surface area contributed by atoms with Crippen molar-refractivity contribution in [2.45, 2.75) is 19.9 Å². The van der Waals surface area contributed by atoms with Crippen molar-refractivity contribution in [3.8, 4) is 0 Å². The largest absolute Gasteiger partial charge is 0.478 e. The van der Waals surface area contributed by atoms with Crippen LogP contribution in [0.25, 0.3) is 0 Å². The van der Waals surface area contributed by atoms with Gasteiger partial charge >= 0.3 is 5.97 Å². The van der Waals surface area contributed by atoms with Gasteiger partial charge in [0.15, 0.2) is 0 Å². The summed E-state index contributed by atoms with van der Waals surface area (Å²) >= 11 is 0. The monoisotopic (exact) mass is 263 g/mol. The number of carbonyl (C=O) groups is 1. The zero-order valence-electron chi connectivity index (χ0n) is 11.5. The molecule has 5 heteroatoms. The van der Waals surface area contributed by atoms with E-state index in [1.807, 2.05) is 6.07 Å². The minimum atomic E-state index is -0.973. The molecule has 3 N–H and O–H groups in total. The van der Waals surface area contributed by atoms with Crippen LogP contribution in [0.2, 0.25) is 0 Å². The van der Waals surface area contributed by atoms with Crippen LogP contribution in [-0.4, -0.2) is 48.2 Å². The number of carboxylic acids is 1. The van der Waals surface area contributed by atoms with Gasteiger partial charge < -0.3 is 15.7 Å². The molecule has 1 saturated heterocycles. The highest BCUT2D eigenvalue weighted by Crippen LogP contribution is 2.23. The summed E-state index contributed by atoms with van der Waals surface area (Å²) in [6.45, 7) is 8.25. The van der Waals surface area contributed by atoms with Gasteiger partial charge in [0.05, 0.1) is 5.56 Å². The van der Waals surface area contributed by atoms with Crippen LogP contribution < -0.4 is 10.6 Å². The standard InChI is InChI=1S/C14H21N3O2/c1-3-16-6-7-17(9-10(16)2)11-4-5-13(15)12(8-11)14(18)19/h4-5,8,10H,3,6-7,9,15H2,1-2H3,(H,18,19). The van der Waals surface area contributed by atoms with Crippen molar-refractivity contribution in [3.05, 3.63) is 23.8 Å². The molecule has 0 aromatic heterocycles. The van der Waals surface area contributed by atoms with Crippen molar-refractivity contribution in [1.82, 2.24) is 4.90 Å². The van der Waals surface area contributed by atoms with Gasteiger partial charge in [-0.15, -0.1) is 0 Å². The normalized spacial score (nSPS) is 20.5. The Morgan fingerprint density at radius 1 is 1.47 bits per heavy atom. The van der Waals surface area contributed by atoms with Gasteiger partial charge in [-0.25, -0.2) is 4.79 Å². The number of piperazine rings is 1. The molecule has 0 amide bonds. The number of nitrogens with two attached hydrogens (primary N) is 1. The first kappa shape index (κ1) is 13.7. The summed E-state index contributed by atoms with van der Waals surface area (Å²) < 4.78 is 0. The van der Waals surface area contributed by atoms with Gasteiger partial charge in [0.2, 0.25) is 0 Å². The summed E-state index contributed by atoms with van der Waals surface area (Å²) in [5.74, 6) is -0.973. The summed E-state index contributed by atoms with van der Waals surface area (Å²) in [7, 11) is 0. The number of aromatic carboxylic acids is 1. The quantitative estimate of drug-likeness (QED) is 0.809. The van der Waals surface area contributed by atoms with Crippen LogP contribution in [0, 0.1) is 0 Å². The number of likely N-dealkylation sites (N-methyl/N-ethyl adjacent to an activating group) is 1. The fraction of sp³-hybridized carbons (Fsp3) is 0.500. The van der Waals surface area contributed by atoms with E-state index in [1.54, 1.807) is 12.1 Å². The minimum absolute atomic E-state index is 0.183. The van der Waals surface area contributed by atoms with Crippen molar-refractivity contribution in [3.63, 3.8) is 0 Å². The lowest BCUT2D eigenvalue weighted by molar-refractivity contribution is 0.0698. The third kappa shape index (κ3) is 2.81. The van der Waals surface area contributed by atoms with Gasteiger partial charge in [0.1, 0.15) is 0 Å². The van der Waals surface area contributed by atoms with Crippen molar-refractivity contribution in [2.75, 3.05) is 36.8 Å². The number of rotatable bonds is 3. The van der Waals surface area contributed by atoms with Gasteiger partial charge in [-0.3, -0.25) is 4.90 Å². The molecule has 1 unspecified atom stereocenters. The Morgan fingerprint density at radius 3 is 2.79 bits per heavy atom. The molecule has 0 radical (unpaired) electrons. The van der Waals surface area contributed by atoms with Crippen LogP contribution in [0.3, 0.4) is 0 Å². The topological polar surface area (TPSA) is 69.8 Å². The van der Waals surface area contributed by atoms with Crippen molar-refractivity contribution < 1.29 is 9.90 Å². The van der Waals surface area contributed by atoms with E-state index in [0.717, 1.165) is 31.9 Å². The van der Waals surface area contributed by atoms with Crippen LogP contribution in [-0.2, 0) is 0 Å². The molecule has 1 heterocycles. The van der Waals surface area contributed by atoms with Crippen LogP contribution >= 0.6 is 0 Å². The first-order valence-corrected chi connectivity index (χ1v) is 6.64. The van der Waals surface area contributed by atoms with E-state index in [4.69, 9.17) is 10.8 Å².